The number of rotatable bonds is 4. The average molecular weight is 445 g/mol. The predicted molar refractivity (Wildman–Crippen MR) is 116 cm³/mol. The molecule has 2 heterocycles. The number of nitrogens with one attached hydrogen (secondary N) is 1. The maximum absolute atomic E-state index is 12.6. The molecule has 0 unspecified atom stereocenters. The van der Waals surface area contributed by atoms with Crippen molar-refractivity contribution in [3.8, 4) is 0 Å². The largest absolute Gasteiger partial charge is 0.348 e. The Morgan fingerprint density at radius 2 is 1.83 bits per heavy atom. The average Bonchev–Trinajstić information content (AvgIpc) is 3.07. The van der Waals surface area contributed by atoms with Crippen LogP contribution in [0, 0.1) is 0 Å². The van der Waals surface area contributed by atoms with Crippen LogP contribution in [0.5, 0.6) is 0 Å². The van der Waals surface area contributed by atoms with Gasteiger partial charge in [0, 0.05) is 43.2 Å². The Hall–Kier alpha value is -2.85. The lowest BCUT2D eigenvalue weighted by Crippen LogP contribution is -2.35. The Bertz CT molecular complexity index is 1160. The second-order valence-electron chi connectivity index (χ2n) is 7.18. The van der Waals surface area contributed by atoms with Gasteiger partial charge in [0.2, 0.25) is 0 Å². The van der Waals surface area contributed by atoms with Gasteiger partial charge >= 0.3 is 0 Å². The van der Waals surface area contributed by atoms with Crippen molar-refractivity contribution in [2.75, 3.05) is 31.3 Å². The lowest BCUT2D eigenvalue weighted by atomic mass is 10.1. The molecule has 2 aromatic rings. The van der Waals surface area contributed by atoms with E-state index in [4.69, 9.17) is 0 Å². The number of carbonyl (C=O) groups is 2. The third-order valence-corrected chi connectivity index (χ3v) is 7.10. The van der Waals surface area contributed by atoms with Crippen LogP contribution in [0.1, 0.15) is 26.3 Å². The number of hydrogen-bond donors (Lipinski definition) is 1. The van der Waals surface area contributed by atoms with E-state index in [0.29, 0.717) is 29.4 Å². The summed E-state index contributed by atoms with van der Waals surface area (Å²) >= 11 is 1.26. The number of amidine groups is 1. The van der Waals surface area contributed by atoms with E-state index < -0.39 is 10.0 Å². The molecule has 0 radical (unpaired) electrons. The molecule has 0 aromatic heterocycles. The summed E-state index contributed by atoms with van der Waals surface area (Å²) in [6.07, 6.45) is 0. The second-order valence-corrected chi connectivity index (χ2v) is 9.94. The molecule has 0 bridgehead atoms. The number of fused-ring (bicyclic) bond motifs is 3. The predicted octanol–water partition coefficient (Wildman–Crippen LogP) is 1.93. The highest BCUT2D eigenvalue weighted by Crippen LogP contribution is 2.42. The zero-order valence-corrected chi connectivity index (χ0v) is 18.1. The molecule has 2 aromatic carbocycles. The number of thioether (sulfide) groups is 1. The molecule has 0 aliphatic carbocycles. The van der Waals surface area contributed by atoms with E-state index in [1.165, 1.54) is 16.7 Å². The van der Waals surface area contributed by atoms with Gasteiger partial charge in [-0.05, 0) is 47.7 Å². The van der Waals surface area contributed by atoms with Crippen molar-refractivity contribution >= 4 is 44.5 Å². The molecule has 0 atom stereocenters. The Balaban J connectivity index is 1.43. The van der Waals surface area contributed by atoms with Crippen LogP contribution in [0.25, 0.3) is 0 Å². The molecule has 0 saturated carbocycles. The van der Waals surface area contributed by atoms with E-state index in [0.717, 1.165) is 16.1 Å². The molecular formula is C20H20N4O4S2. The molecule has 1 N–H and O–H groups in total. The highest BCUT2D eigenvalue weighted by atomic mass is 32.2. The van der Waals surface area contributed by atoms with Crippen molar-refractivity contribution < 1.29 is 18.0 Å². The fraction of sp³-hybridized carbons (Fsp3) is 0.250. The summed E-state index contributed by atoms with van der Waals surface area (Å²) in [4.78, 5) is 28.7. The van der Waals surface area contributed by atoms with Crippen LogP contribution in [0.15, 0.2) is 51.8 Å². The maximum atomic E-state index is 12.6. The monoisotopic (exact) mass is 444 g/mol. The first-order chi connectivity index (χ1) is 14.2. The lowest BCUT2D eigenvalue weighted by Gasteiger charge is -2.22. The number of sulfonamides is 1. The van der Waals surface area contributed by atoms with Gasteiger partial charge in [0.15, 0.2) is 5.17 Å². The summed E-state index contributed by atoms with van der Waals surface area (Å²) in [5, 5.41) is 3.30. The van der Waals surface area contributed by atoms with Crippen molar-refractivity contribution in [1.29, 1.82) is 0 Å². The van der Waals surface area contributed by atoms with Crippen molar-refractivity contribution in [2.24, 2.45) is 4.40 Å². The van der Waals surface area contributed by atoms with Gasteiger partial charge in [-0.25, -0.2) is 8.42 Å². The third-order valence-electron chi connectivity index (χ3n) is 4.80. The van der Waals surface area contributed by atoms with Gasteiger partial charge in [-0.3, -0.25) is 9.59 Å². The number of anilines is 1. The molecule has 4 rings (SSSR count). The molecule has 2 aliphatic rings. The summed E-state index contributed by atoms with van der Waals surface area (Å²) in [5.74, 6) is -0.321. The van der Waals surface area contributed by atoms with Gasteiger partial charge in [-0.1, -0.05) is 12.1 Å². The number of benzene rings is 2. The van der Waals surface area contributed by atoms with Crippen molar-refractivity contribution in [1.82, 2.24) is 10.2 Å². The molecule has 0 fully saturated rings. The standard InChI is InChI=1S/C20H20N4O4S2/c1-23(2)19(26)14-5-3-13(4-6-14)12-21-18(25)15-7-8-16-17(11-15)29-20-22-30(27,28)10-9-24(16)20/h3-8,11H,9-10,12H2,1-2H3,(H,21,25). The van der Waals surface area contributed by atoms with Gasteiger partial charge in [0.25, 0.3) is 21.8 Å². The number of nitrogens with zero attached hydrogens (tertiary/aromatic N) is 3. The molecule has 0 spiro atoms. The summed E-state index contributed by atoms with van der Waals surface area (Å²) in [7, 11) is -0.0168. The van der Waals surface area contributed by atoms with E-state index in [9.17, 15) is 18.0 Å². The number of carbonyl (C=O) groups excluding carboxylic acids is 2. The van der Waals surface area contributed by atoms with Gasteiger partial charge in [0.1, 0.15) is 0 Å². The van der Waals surface area contributed by atoms with Gasteiger partial charge in [-0.15, -0.1) is 4.40 Å². The first-order valence-electron chi connectivity index (χ1n) is 9.24. The Labute approximate surface area is 179 Å². The zero-order valence-electron chi connectivity index (χ0n) is 16.5. The minimum absolute atomic E-state index is 0.0162. The third kappa shape index (κ3) is 4.05. The topological polar surface area (TPSA) is 99.1 Å². The van der Waals surface area contributed by atoms with Crippen molar-refractivity contribution in [3.05, 3.63) is 59.2 Å². The first kappa shape index (κ1) is 20.4. The first-order valence-corrected chi connectivity index (χ1v) is 11.7. The van der Waals surface area contributed by atoms with Crippen LogP contribution in [0.3, 0.4) is 0 Å². The molecule has 0 saturated heterocycles. The lowest BCUT2D eigenvalue weighted by molar-refractivity contribution is 0.0827. The van der Waals surface area contributed by atoms with Crippen LogP contribution in [-0.2, 0) is 16.6 Å². The van der Waals surface area contributed by atoms with Crippen molar-refractivity contribution in [2.45, 2.75) is 11.4 Å². The molecule has 30 heavy (non-hydrogen) atoms. The Morgan fingerprint density at radius 3 is 2.53 bits per heavy atom. The van der Waals surface area contributed by atoms with Gasteiger partial charge in [-0.2, -0.15) is 0 Å². The summed E-state index contributed by atoms with van der Waals surface area (Å²) in [6, 6.07) is 12.4. The molecule has 8 nitrogen and oxygen atoms in total. The van der Waals surface area contributed by atoms with E-state index >= 15 is 0 Å². The SMILES string of the molecule is CN(C)C(=O)c1ccc(CNC(=O)c2ccc3c(c2)SC2=NS(=O)(=O)CCN23)cc1. The summed E-state index contributed by atoms with van der Waals surface area (Å²) < 4.78 is 27.3. The highest BCUT2D eigenvalue weighted by Gasteiger charge is 2.33. The fourth-order valence-electron chi connectivity index (χ4n) is 3.18. The van der Waals surface area contributed by atoms with E-state index in [-0.39, 0.29) is 17.6 Å². The molecule has 10 heteroatoms. The quantitative estimate of drug-likeness (QED) is 0.774. The molecule has 2 aliphatic heterocycles. The minimum atomic E-state index is -3.41. The van der Waals surface area contributed by atoms with E-state index in [1.54, 1.807) is 38.4 Å². The Kier molecular flexibility index (Phi) is 5.29. The van der Waals surface area contributed by atoms with Crippen LogP contribution < -0.4 is 10.2 Å². The number of amides is 2. The molecular weight excluding hydrogens is 424 g/mol. The smallest absolute Gasteiger partial charge is 0.257 e. The van der Waals surface area contributed by atoms with Gasteiger partial charge < -0.3 is 15.1 Å². The van der Waals surface area contributed by atoms with Crippen LogP contribution in [-0.4, -0.2) is 56.7 Å². The Morgan fingerprint density at radius 1 is 1.13 bits per heavy atom. The minimum Gasteiger partial charge on any atom is -0.348 e. The van der Waals surface area contributed by atoms with Crippen LogP contribution >= 0.6 is 11.8 Å². The molecule has 2 amide bonds. The highest BCUT2D eigenvalue weighted by molar-refractivity contribution is 8.15. The fourth-order valence-corrected chi connectivity index (χ4v) is 5.48. The van der Waals surface area contributed by atoms with Crippen LogP contribution in [0.4, 0.5) is 5.69 Å². The maximum Gasteiger partial charge on any atom is 0.257 e. The number of hydrogen-bond acceptors (Lipinski definition) is 6. The van der Waals surface area contributed by atoms with E-state index in [1.807, 2.05) is 23.1 Å². The summed E-state index contributed by atoms with van der Waals surface area (Å²) in [5.41, 5.74) is 2.83. The van der Waals surface area contributed by atoms with E-state index in [2.05, 4.69) is 9.71 Å². The summed E-state index contributed by atoms with van der Waals surface area (Å²) in [6.45, 7) is 0.690. The van der Waals surface area contributed by atoms with Gasteiger partial charge in [0.05, 0.1) is 11.4 Å². The van der Waals surface area contributed by atoms with Crippen molar-refractivity contribution in [3.63, 3.8) is 0 Å². The normalized spacial score (nSPS) is 16.3. The zero-order chi connectivity index (χ0) is 21.5. The second kappa shape index (κ2) is 7.77. The molecule has 156 valence electrons. The van der Waals surface area contributed by atoms with Crippen LogP contribution in [0.2, 0.25) is 0 Å².